The van der Waals surface area contributed by atoms with E-state index in [0.29, 0.717) is 12.1 Å². The molecule has 18 heavy (non-hydrogen) atoms. The number of ether oxygens (including phenoxy) is 1. The maximum Gasteiger partial charge on any atom is 0.178 e. The Bertz CT molecular complexity index is 524. The van der Waals surface area contributed by atoms with Gasteiger partial charge in [0.1, 0.15) is 0 Å². The highest BCUT2D eigenvalue weighted by atomic mass is 35.5. The molecule has 0 radical (unpaired) electrons. The van der Waals surface area contributed by atoms with Gasteiger partial charge in [0, 0.05) is 6.61 Å². The van der Waals surface area contributed by atoms with Crippen molar-refractivity contribution in [2.75, 3.05) is 18.1 Å². The Morgan fingerprint density at radius 1 is 1.44 bits per heavy atom. The van der Waals surface area contributed by atoms with Gasteiger partial charge in [-0.2, -0.15) is 0 Å². The molecule has 1 aliphatic heterocycles. The van der Waals surface area contributed by atoms with Gasteiger partial charge in [-0.05, 0) is 37.5 Å². The molecule has 0 bridgehead atoms. The van der Waals surface area contributed by atoms with Crippen LogP contribution in [0.25, 0.3) is 0 Å². The minimum absolute atomic E-state index is 0.0732. The van der Waals surface area contributed by atoms with E-state index >= 15 is 0 Å². The molecule has 0 aromatic heterocycles. The smallest absolute Gasteiger partial charge is 0.178 e. The molecule has 1 saturated heterocycles. The van der Waals surface area contributed by atoms with Crippen LogP contribution in [-0.4, -0.2) is 26.9 Å². The van der Waals surface area contributed by atoms with Gasteiger partial charge in [-0.25, -0.2) is 8.42 Å². The van der Waals surface area contributed by atoms with E-state index in [1.807, 2.05) is 0 Å². The van der Waals surface area contributed by atoms with Crippen molar-refractivity contribution in [1.82, 2.24) is 0 Å². The summed E-state index contributed by atoms with van der Waals surface area (Å²) in [6.45, 7) is 0.735. The van der Waals surface area contributed by atoms with Crippen molar-refractivity contribution in [2.45, 2.75) is 30.3 Å². The first-order valence-electron chi connectivity index (χ1n) is 5.88. The topological polar surface area (TPSA) is 69.4 Å². The molecule has 0 amide bonds. The van der Waals surface area contributed by atoms with Crippen molar-refractivity contribution < 1.29 is 13.2 Å². The first-order valence-corrected chi connectivity index (χ1v) is 7.91. The third kappa shape index (κ3) is 3.16. The van der Waals surface area contributed by atoms with E-state index in [1.54, 1.807) is 0 Å². The van der Waals surface area contributed by atoms with Gasteiger partial charge in [0.05, 0.1) is 27.5 Å². The third-order valence-electron chi connectivity index (χ3n) is 3.06. The summed E-state index contributed by atoms with van der Waals surface area (Å²) in [6, 6.07) is 4.41. The lowest BCUT2D eigenvalue weighted by Crippen LogP contribution is -2.14. The molecule has 100 valence electrons. The van der Waals surface area contributed by atoms with Gasteiger partial charge in [-0.1, -0.05) is 11.6 Å². The maximum atomic E-state index is 12.1. The van der Waals surface area contributed by atoms with Gasteiger partial charge in [0.25, 0.3) is 0 Å². The molecule has 1 fully saturated rings. The normalized spacial score (nSPS) is 20.2. The number of sulfone groups is 1. The number of anilines is 1. The van der Waals surface area contributed by atoms with Crippen LogP contribution in [-0.2, 0) is 14.6 Å². The van der Waals surface area contributed by atoms with Crippen LogP contribution in [0.5, 0.6) is 0 Å². The Morgan fingerprint density at radius 2 is 2.22 bits per heavy atom. The lowest BCUT2D eigenvalue weighted by Gasteiger charge is -2.10. The van der Waals surface area contributed by atoms with Crippen LogP contribution in [0.4, 0.5) is 5.69 Å². The van der Waals surface area contributed by atoms with Crippen molar-refractivity contribution in [3.05, 3.63) is 23.2 Å². The van der Waals surface area contributed by atoms with Crippen LogP contribution in [0.2, 0.25) is 5.02 Å². The van der Waals surface area contributed by atoms with E-state index < -0.39 is 9.84 Å². The fourth-order valence-corrected chi connectivity index (χ4v) is 3.60. The van der Waals surface area contributed by atoms with Crippen molar-refractivity contribution >= 4 is 27.1 Å². The number of nitrogen functional groups attached to an aromatic ring is 1. The maximum absolute atomic E-state index is 12.1. The van der Waals surface area contributed by atoms with Crippen molar-refractivity contribution in [3.8, 4) is 0 Å². The first-order chi connectivity index (χ1) is 8.49. The minimum Gasteiger partial charge on any atom is -0.398 e. The SMILES string of the molecule is Nc1ccc(S(=O)(=O)CCC2CCCO2)cc1Cl. The minimum atomic E-state index is -3.31. The van der Waals surface area contributed by atoms with Crippen LogP contribution in [0.1, 0.15) is 19.3 Å². The number of halogens is 1. The van der Waals surface area contributed by atoms with Crippen LogP contribution < -0.4 is 5.73 Å². The summed E-state index contributed by atoms with van der Waals surface area (Å²) in [4.78, 5) is 0.222. The quantitative estimate of drug-likeness (QED) is 0.863. The monoisotopic (exact) mass is 289 g/mol. The average Bonchev–Trinajstić information content (AvgIpc) is 2.83. The van der Waals surface area contributed by atoms with E-state index in [1.165, 1.54) is 18.2 Å². The predicted octanol–water partition coefficient (Wildman–Crippen LogP) is 2.27. The molecule has 1 aliphatic rings. The zero-order chi connectivity index (χ0) is 13.2. The molecule has 6 heteroatoms. The molecule has 0 aliphatic carbocycles. The van der Waals surface area contributed by atoms with Crippen molar-refractivity contribution in [1.29, 1.82) is 0 Å². The van der Waals surface area contributed by atoms with Crippen molar-refractivity contribution in [3.63, 3.8) is 0 Å². The highest BCUT2D eigenvalue weighted by molar-refractivity contribution is 7.91. The molecular weight excluding hydrogens is 274 g/mol. The van der Waals surface area contributed by atoms with E-state index in [-0.39, 0.29) is 21.8 Å². The fraction of sp³-hybridized carbons (Fsp3) is 0.500. The molecular formula is C12H16ClNO3S. The Morgan fingerprint density at radius 3 is 2.83 bits per heavy atom. The zero-order valence-electron chi connectivity index (χ0n) is 9.93. The summed E-state index contributed by atoms with van der Waals surface area (Å²) in [6.07, 6.45) is 2.56. The number of hydrogen-bond acceptors (Lipinski definition) is 4. The van der Waals surface area contributed by atoms with E-state index in [9.17, 15) is 8.42 Å². The lowest BCUT2D eigenvalue weighted by atomic mass is 10.2. The summed E-state index contributed by atoms with van der Waals surface area (Å²) in [7, 11) is -3.31. The summed E-state index contributed by atoms with van der Waals surface area (Å²) in [5, 5.41) is 0.271. The summed E-state index contributed by atoms with van der Waals surface area (Å²) >= 11 is 5.83. The third-order valence-corrected chi connectivity index (χ3v) is 5.14. The fourth-order valence-electron chi connectivity index (χ4n) is 1.98. The van der Waals surface area contributed by atoms with Gasteiger partial charge < -0.3 is 10.5 Å². The molecule has 1 atom stereocenters. The lowest BCUT2D eigenvalue weighted by molar-refractivity contribution is 0.109. The van der Waals surface area contributed by atoms with Crippen LogP contribution >= 0.6 is 11.6 Å². The van der Waals surface area contributed by atoms with Crippen LogP contribution in [0.15, 0.2) is 23.1 Å². The van der Waals surface area contributed by atoms with E-state index in [4.69, 9.17) is 22.1 Å². The summed E-state index contributed by atoms with van der Waals surface area (Å²) in [5.74, 6) is 0.0813. The standard InChI is InChI=1S/C12H16ClNO3S/c13-11-8-10(3-4-12(11)14)18(15,16)7-5-9-2-1-6-17-9/h3-4,8-9H,1-2,5-7,14H2. The molecule has 2 N–H and O–H groups in total. The highest BCUT2D eigenvalue weighted by Crippen LogP contribution is 2.24. The number of rotatable bonds is 4. The summed E-state index contributed by atoms with van der Waals surface area (Å²) in [5.41, 5.74) is 5.94. The summed E-state index contributed by atoms with van der Waals surface area (Å²) < 4.78 is 29.6. The number of nitrogens with two attached hydrogens (primary N) is 1. The first kappa shape index (κ1) is 13.6. The van der Waals surface area contributed by atoms with Gasteiger partial charge in [0.2, 0.25) is 0 Å². The average molecular weight is 290 g/mol. The van der Waals surface area contributed by atoms with Gasteiger partial charge >= 0.3 is 0 Å². The number of benzene rings is 1. The molecule has 0 saturated carbocycles. The van der Waals surface area contributed by atoms with Gasteiger partial charge in [0.15, 0.2) is 9.84 Å². The van der Waals surface area contributed by atoms with Gasteiger partial charge in [-0.15, -0.1) is 0 Å². The Labute approximate surface area is 112 Å². The zero-order valence-corrected chi connectivity index (χ0v) is 11.5. The molecule has 1 aromatic carbocycles. The molecule has 4 nitrogen and oxygen atoms in total. The second-order valence-electron chi connectivity index (χ2n) is 4.43. The van der Waals surface area contributed by atoms with E-state index in [0.717, 1.165) is 19.4 Å². The Balaban J connectivity index is 2.07. The number of hydrogen-bond donors (Lipinski definition) is 1. The molecule has 2 rings (SSSR count). The Kier molecular flexibility index (Phi) is 4.14. The second-order valence-corrected chi connectivity index (χ2v) is 6.94. The van der Waals surface area contributed by atoms with Crippen LogP contribution in [0, 0.1) is 0 Å². The molecule has 1 heterocycles. The molecule has 0 spiro atoms. The van der Waals surface area contributed by atoms with Crippen LogP contribution in [0.3, 0.4) is 0 Å². The van der Waals surface area contributed by atoms with E-state index in [2.05, 4.69) is 0 Å². The second kappa shape index (κ2) is 5.47. The molecule has 1 unspecified atom stereocenters. The van der Waals surface area contributed by atoms with Crippen molar-refractivity contribution in [2.24, 2.45) is 0 Å². The predicted molar refractivity (Wildman–Crippen MR) is 71.5 cm³/mol. The van der Waals surface area contributed by atoms with Gasteiger partial charge in [-0.3, -0.25) is 0 Å². The largest absolute Gasteiger partial charge is 0.398 e. The molecule has 1 aromatic rings. The Hall–Kier alpha value is -0.780. The highest BCUT2D eigenvalue weighted by Gasteiger charge is 2.21.